The van der Waals surface area contributed by atoms with Crippen molar-refractivity contribution in [2.75, 3.05) is 25.6 Å². The molecule has 1 N–H and O–H groups in total. The quantitative estimate of drug-likeness (QED) is 0.812. The van der Waals surface area contributed by atoms with Gasteiger partial charge >= 0.3 is 0 Å². The highest BCUT2D eigenvalue weighted by Gasteiger charge is 2.09. The lowest BCUT2D eigenvalue weighted by molar-refractivity contribution is 0.201. The van der Waals surface area contributed by atoms with Gasteiger partial charge in [-0.05, 0) is 25.5 Å². The van der Waals surface area contributed by atoms with E-state index < -0.39 is 0 Å². The second kappa shape index (κ2) is 7.95. The summed E-state index contributed by atoms with van der Waals surface area (Å²) in [7, 11) is 1.68. The van der Waals surface area contributed by atoms with Crippen LogP contribution in [0.2, 0.25) is 0 Å². The Labute approximate surface area is 129 Å². The van der Waals surface area contributed by atoms with Crippen LogP contribution in [0, 0.1) is 6.92 Å². The highest BCUT2D eigenvalue weighted by atomic mass is 32.1. The highest BCUT2D eigenvalue weighted by molar-refractivity contribution is 7.09. The predicted octanol–water partition coefficient (Wildman–Crippen LogP) is 2.91. The van der Waals surface area contributed by atoms with Crippen LogP contribution in [-0.4, -0.2) is 35.7 Å². The lowest BCUT2D eigenvalue weighted by Crippen LogP contribution is -2.23. The Balaban J connectivity index is 1.80. The van der Waals surface area contributed by atoms with Crippen LogP contribution < -0.4 is 10.1 Å². The van der Waals surface area contributed by atoms with Gasteiger partial charge in [0.05, 0.1) is 12.6 Å². The molecular weight excluding hydrogens is 286 g/mol. The molecular formula is C15H21N3O2S. The van der Waals surface area contributed by atoms with Gasteiger partial charge in [-0.25, -0.2) is 4.98 Å². The van der Waals surface area contributed by atoms with Gasteiger partial charge in [-0.3, -0.25) is 0 Å². The van der Waals surface area contributed by atoms with Gasteiger partial charge < -0.3 is 14.8 Å². The van der Waals surface area contributed by atoms with Crippen molar-refractivity contribution in [3.8, 4) is 5.75 Å². The molecule has 2 aromatic rings. The number of para-hydroxylation sites is 1. The predicted molar refractivity (Wildman–Crippen MR) is 85.2 cm³/mol. The zero-order valence-electron chi connectivity index (χ0n) is 12.6. The largest absolute Gasteiger partial charge is 0.491 e. The molecule has 0 spiro atoms. The standard InChI is InChI=1S/C15H21N3O2S/c1-11-6-4-5-7-13(11)20-10-12(2)16-15-17-14(18-21-15)8-9-19-3/h4-7,12H,8-10H2,1-3H3,(H,16,17,18). The average Bonchev–Trinajstić information content (AvgIpc) is 2.91. The molecule has 1 unspecified atom stereocenters. The van der Waals surface area contributed by atoms with E-state index in [1.165, 1.54) is 11.5 Å². The van der Waals surface area contributed by atoms with Crippen molar-refractivity contribution >= 4 is 16.7 Å². The van der Waals surface area contributed by atoms with Gasteiger partial charge in [0.15, 0.2) is 0 Å². The molecule has 1 aromatic carbocycles. The number of aryl methyl sites for hydroxylation is 1. The van der Waals surface area contributed by atoms with Crippen LogP contribution in [0.1, 0.15) is 18.3 Å². The van der Waals surface area contributed by atoms with Gasteiger partial charge in [-0.15, -0.1) is 0 Å². The van der Waals surface area contributed by atoms with Crippen molar-refractivity contribution in [2.45, 2.75) is 26.3 Å². The Morgan fingerprint density at radius 2 is 2.14 bits per heavy atom. The molecule has 0 aliphatic heterocycles. The summed E-state index contributed by atoms with van der Waals surface area (Å²) < 4.78 is 15.1. The van der Waals surface area contributed by atoms with Gasteiger partial charge in [-0.2, -0.15) is 4.37 Å². The molecule has 0 fully saturated rings. The Bertz CT molecular complexity index is 559. The molecule has 1 aromatic heterocycles. The maximum Gasteiger partial charge on any atom is 0.202 e. The van der Waals surface area contributed by atoms with E-state index in [0.29, 0.717) is 13.2 Å². The second-order valence-electron chi connectivity index (χ2n) is 4.88. The second-order valence-corrected chi connectivity index (χ2v) is 5.63. The summed E-state index contributed by atoms with van der Waals surface area (Å²) in [4.78, 5) is 4.42. The minimum absolute atomic E-state index is 0.160. The van der Waals surface area contributed by atoms with Crippen molar-refractivity contribution in [3.05, 3.63) is 35.7 Å². The van der Waals surface area contributed by atoms with E-state index in [4.69, 9.17) is 9.47 Å². The van der Waals surface area contributed by atoms with E-state index in [2.05, 4.69) is 21.6 Å². The first kappa shape index (κ1) is 15.7. The van der Waals surface area contributed by atoms with E-state index >= 15 is 0 Å². The molecule has 2 rings (SSSR count). The monoisotopic (exact) mass is 307 g/mol. The molecule has 0 saturated carbocycles. The maximum absolute atomic E-state index is 5.82. The highest BCUT2D eigenvalue weighted by Crippen LogP contribution is 2.17. The molecule has 21 heavy (non-hydrogen) atoms. The van der Waals surface area contributed by atoms with Crippen molar-refractivity contribution in [1.82, 2.24) is 9.36 Å². The third-order valence-corrected chi connectivity index (χ3v) is 3.63. The number of hydrogen-bond acceptors (Lipinski definition) is 6. The molecule has 1 heterocycles. The fourth-order valence-corrected chi connectivity index (χ4v) is 2.52. The average molecular weight is 307 g/mol. The summed E-state index contributed by atoms with van der Waals surface area (Å²) in [6.07, 6.45) is 0.739. The van der Waals surface area contributed by atoms with Gasteiger partial charge in [0.25, 0.3) is 0 Å². The van der Waals surface area contributed by atoms with Crippen molar-refractivity contribution in [3.63, 3.8) is 0 Å². The van der Waals surface area contributed by atoms with Crippen molar-refractivity contribution in [1.29, 1.82) is 0 Å². The van der Waals surface area contributed by atoms with Gasteiger partial charge in [-0.1, -0.05) is 18.2 Å². The van der Waals surface area contributed by atoms with Crippen LogP contribution in [0.5, 0.6) is 5.75 Å². The number of nitrogens with one attached hydrogen (secondary N) is 1. The van der Waals surface area contributed by atoms with Crippen LogP contribution in [0.4, 0.5) is 5.13 Å². The first-order chi connectivity index (χ1) is 10.2. The van der Waals surface area contributed by atoms with Crippen LogP contribution in [0.3, 0.4) is 0 Å². The Morgan fingerprint density at radius 3 is 2.90 bits per heavy atom. The number of ether oxygens (including phenoxy) is 2. The number of nitrogens with zero attached hydrogens (tertiary/aromatic N) is 2. The van der Waals surface area contributed by atoms with Gasteiger partial charge in [0.1, 0.15) is 18.2 Å². The van der Waals surface area contributed by atoms with Crippen LogP contribution >= 0.6 is 11.5 Å². The first-order valence-corrected chi connectivity index (χ1v) is 7.73. The number of anilines is 1. The van der Waals surface area contributed by atoms with E-state index in [0.717, 1.165) is 28.7 Å². The summed E-state index contributed by atoms with van der Waals surface area (Å²) in [5.74, 6) is 1.74. The summed E-state index contributed by atoms with van der Waals surface area (Å²) >= 11 is 1.37. The Morgan fingerprint density at radius 1 is 1.33 bits per heavy atom. The summed E-state index contributed by atoms with van der Waals surface area (Å²) in [6, 6.07) is 8.17. The van der Waals surface area contributed by atoms with E-state index in [1.54, 1.807) is 7.11 Å². The summed E-state index contributed by atoms with van der Waals surface area (Å²) in [5.41, 5.74) is 1.14. The van der Waals surface area contributed by atoms with E-state index in [9.17, 15) is 0 Å². The molecule has 0 aliphatic carbocycles. The minimum atomic E-state index is 0.160. The summed E-state index contributed by atoms with van der Waals surface area (Å²) in [6.45, 7) is 5.33. The summed E-state index contributed by atoms with van der Waals surface area (Å²) in [5, 5.41) is 4.13. The lowest BCUT2D eigenvalue weighted by atomic mass is 10.2. The fourth-order valence-electron chi connectivity index (χ4n) is 1.79. The number of aromatic nitrogens is 2. The third kappa shape index (κ3) is 4.99. The molecule has 0 amide bonds. The van der Waals surface area contributed by atoms with Crippen molar-refractivity contribution in [2.24, 2.45) is 0 Å². The molecule has 5 nitrogen and oxygen atoms in total. The zero-order valence-corrected chi connectivity index (χ0v) is 13.4. The number of hydrogen-bond donors (Lipinski definition) is 1. The fraction of sp³-hybridized carbons (Fsp3) is 0.467. The lowest BCUT2D eigenvalue weighted by Gasteiger charge is -2.15. The normalized spacial score (nSPS) is 12.1. The Hall–Kier alpha value is -1.66. The van der Waals surface area contributed by atoms with Gasteiger partial charge in [0, 0.05) is 25.1 Å². The smallest absolute Gasteiger partial charge is 0.202 e. The van der Waals surface area contributed by atoms with Crippen molar-refractivity contribution < 1.29 is 9.47 Å². The van der Waals surface area contributed by atoms with E-state index in [-0.39, 0.29) is 6.04 Å². The third-order valence-electron chi connectivity index (χ3n) is 2.95. The SMILES string of the molecule is COCCc1nsc(NC(C)COc2ccccc2C)n1. The number of methoxy groups -OCH3 is 1. The first-order valence-electron chi connectivity index (χ1n) is 6.95. The number of benzene rings is 1. The Kier molecular flexibility index (Phi) is 5.95. The molecule has 6 heteroatoms. The van der Waals surface area contributed by atoms with Crippen LogP contribution in [-0.2, 0) is 11.2 Å². The molecule has 0 radical (unpaired) electrons. The number of rotatable bonds is 8. The van der Waals surface area contributed by atoms with Gasteiger partial charge in [0.2, 0.25) is 5.13 Å². The molecule has 1 atom stereocenters. The van der Waals surface area contributed by atoms with Crippen LogP contribution in [0.25, 0.3) is 0 Å². The molecule has 0 saturated heterocycles. The minimum Gasteiger partial charge on any atom is -0.491 e. The molecule has 114 valence electrons. The van der Waals surface area contributed by atoms with E-state index in [1.807, 2.05) is 31.2 Å². The molecule has 0 aliphatic rings. The zero-order chi connectivity index (χ0) is 15.1. The molecule has 0 bridgehead atoms. The maximum atomic E-state index is 5.82. The van der Waals surface area contributed by atoms with Crippen LogP contribution in [0.15, 0.2) is 24.3 Å². The topological polar surface area (TPSA) is 56.3 Å².